The highest BCUT2D eigenvalue weighted by atomic mass is 35.5. The molecule has 1 fully saturated rings. The van der Waals surface area contributed by atoms with Crippen LogP contribution in [-0.2, 0) is 32.5 Å². The number of carbonyl (C=O) groups is 1. The molecule has 0 spiro atoms. The molecule has 2 atom stereocenters. The van der Waals surface area contributed by atoms with Gasteiger partial charge in [0.15, 0.2) is 0 Å². The van der Waals surface area contributed by atoms with Crippen LogP contribution in [0.2, 0.25) is 5.02 Å². The molecule has 0 radical (unpaired) electrons. The Balaban J connectivity index is 1.21. The molecule has 0 aliphatic carbocycles. The molecule has 1 amide bonds. The van der Waals surface area contributed by atoms with Gasteiger partial charge in [-0.05, 0) is 37.0 Å². The third kappa shape index (κ3) is 7.17. The second kappa shape index (κ2) is 11.8. The van der Waals surface area contributed by atoms with E-state index in [1.807, 2.05) is 17.5 Å². The summed E-state index contributed by atoms with van der Waals surface area (Å²) >= 11 is 7.39. The van der Waals surface area contributed by atoms with E-state index < -0.39 is 10.8 Å². The largest absolute Gasteiger partial charge is 0.380 e. The van der Waals surface area contributed by atoms with Crippen LogP contribution < -0.4 is 0 Å². The normalized spacial score (nSPS) is 17.3. The van der Waals surface area contributed by atoms with Crippen molar-refractivity contribution < 1.29 is 13.7 Å². The number of thiazole rings is 1. The van der Waals surface area contributed by atoms with Gasteiger partial charge in [0, 0.05) is 29.8 Å². The topological polar surface area (TPSA) is 59.5 Å². The second-order valence-electron chi connectivity index (χ2n) is 7.10. The fraction of sp³-hybridized carbons (Fsp3) is 0.524. The molecule has 1 aliphatic heterocycles. The number of carbonyl (C=O) groups excluding carboxylic acids is 1. The lowest BCUT2D eigenvalue weighted by atomic mass is 10.1. The van der Waals surface area contributed by atoms with E-state index in [2.05, 4.69) is 17.1 Å². The zero-order chi connectivity index (χ0) is 20.5. The van der Waals surface area contributed by atoms with Crippen molar-refractivity contribution in [2.45, 2.75) is 49.7 Å². The smallest absolute Gasteiger partial charge is 0.226 e. The monoisotopic (exact) mass is 454 g/mol. The van der Waals surface area contributed by atoms with Gasteiger partial charge in [-0.2, -0.15) is 0 Å². The first-order chi connectivity index (χ1) is 14.1. The van der Waals surface area contributed by atoms with Gasteiger partial charge in [-0.3, -0.25) is 9.00 Å². The third-order valence-electron chi connectivity index (χ3n) is 4.96. The summed E-state index contributed by atoms with van der Waals surface area (Å²) in [6.45, 7) is 1.72. The van der Waals surface area contributed by atoms with Crippen LogP contribution in [0.4, 0.5) is 0 Å². The third-order valence-corrected chi connectivity index (χ3v) is 7.76. The molecule has 2 aromatic rings. The Morgan fingerprint density at radius 3 is 2.69 bits per heavy atom. The second-order valence-corrected chi connectivity index (χ2v) is 10.1. The summed E-state index contributed by atoms with van der Waals surface area (Å²) in [6.07, 6.45) is 7.65. The zero-order valence-electron chi connectivity index (χ0n) is 16.4. The van der Waals surface area contributed by atoms with Crippen molar-refractivity contribution >= 4 is 39.6 Å². The Morgan fingerprint density at radius 1 is 1.17 bits per heavy atom. The molecule has 2 heterocycles. The molecular weight excluding hydrogens is 428 g/mol. The molecule has 8 heteroatoms. The molecule has 29 heavy (non-hydrogen) atoms. The van der Waals surface area contributed by atoms with Crippen LogP contribution in [-0.4, -0.2) is 45.1 Å². The number of aromatic nitrogens is 1. The Bertz CT molecular complexity index is 784. The Labute approximate surface area is 183 Å². The van der Waals surface area contributed by atoms with Crippen molar-refractivity contribution in [2.75, 3.05) is 19.8 Å². The van der Waals surface area contributed by atoms with E-state index in [1.54, 1.807) is 11.1 Å². The van der Waals surface area contributed by atoms with Crippen LogP contribution in [0, 0.1) is 0 Å². The Kier molecular flexibility index (Phi) is 9.11. The quantitative estimate of drug-likeness (QED) is 0.332. The van der Waals surface area contributed by atoms with Crippen molar-refractivity contribution in [2.24, 2.45) is 0 Å². The van der Waals surface area contributed by atoms with Gasteiger partial charge in [0.05, 0.1) is 29.6 Å². The van der Waals surface area contributed by atoms with Gasteiger partial charge in [0.25, 0.3) is 0 Å². The SMILES string of the molecule is O=C1C[C@@H]([S@@](=O)Cc2nccs2)N1CCOCCCCCCc1ccc(Cl)cc1. The van der Waals surface area contributed by atoms with Crippen LogP contribution in [0.15, 0.2) is 35.8 Å². The number of hydrogen-bond acceptors (Lipinski definition) is 5. The molecule has 0 saturated carbocycles. The standard InChI is InChI=1S/C21H27ClN2O3S2/c22-18-8-6-17(7-9-18)5-3-1-2-4-12-27-13-11-24-20(25)15-21(24)29(26)16-19-23-10-14-28-19/h6-10,14,21H,1-5,11-13,15-16H2/t21-,29+/m1/s1. The minimum Gasteiger partial charge on any atom is -0.380 e. The number of benzene rings is 1. The first kappa shape index (κ1) is 22.4. The van der Waals surface area contributed by atoms with Crippen molar-refractivity contribution in [1.82, 2.24) is 9.88 Å². The maximum absolute atomic E-state index is 12.4. The number of likely N-dealkylation sites (tertiary alicyclic amines) is 1. The number of nitrogens with zero attached hydrogens (tertiary/aromatic N) is 2. The summed E-state index contributed by atoms with van der Waals surface area (Å²) in [7, 11) is -1.10. The van der Waals surface area contributed by atoms with Crippen molar-refractivity contribution in [3.63, 3.8) is 0 Å². The maximum Gasteiger partial charge on any atom is 0.226 e. The molecule has 0 bridgehead atoms. The van der Waals surface area contributed by atoms with Crippen LogP contribution in [0.3, 0.4) is 0 Å². The van der Waals surface area contributed by atoms with Crippen LogP contribution in [0.25, 0.3) is 0 Å². The number of aryl methyl sites for hydroxylation is 1. The van der Waals surface area contributed by atoms with Crippen molar-refractivity contribution in [1.29, 1.82) is 0 Å². The lowest BCUT2D eigenvalue weighted by molar-refractivity contribution is -0.142. The summed E-state index contributed by atoms with van der Waals surface area (Å²) in [6, 6.07) is 8.04. The van der Waals surface area contributed by atoms with E-state index in [1.165, 1.54) is 23.3 Å². The summed E-state index contributed by atoms with van der Waals surface area (Å²) in [5.41, 5.74) is 1.33. The molecule has 1 aromatic heterocycles. The summed E-state index contributed by atoms with van der Waals surface area (Å²) < 4.78 is 18.1. The van der Waals surface area contributed by atoms with E-state index >= 15 is 0 Å². The molecule has 158 valence electrons. The zero-order valence-corrected chi connectivity index (χ0v) is 18.8. The number of halogens is 1. The summed E-state index contributed by atoms with van der Waals surface area (Å²) in [5.74, 6) is 0.483. The molecule has 0 N–H and O–H groups in total. The fourth-order valence-electron chi connectivity index (χ4n) is 3.27. The Hall–Kier alpha value is -1.28. The molecule has 0 unspecified atom stereocenters. The van der Waals surface area contributed by atoms with Crippen LogP contribution >= 0.6 is 22.9 Å². The van der Waals surface area contributed by atoms with E-state index in [0.717, 1.165) is 35.7 Å². The van der Waals surface area contributed by atoms with Crippen LogP contribution in [0.1, 0.15) is 42.7 Å². The first-order valence-electron chi connectivity index (χ1n) is 10.0. The number of ether oxygens (including phenoxy) is 1. The number of hydrogen-bond donors (Lipinski definition) is 0. The molecular formula is C21H27ClN2O3S2. The van der Waals surface area contributed by atoms with E-state index in [0.29, 0.717) is 31.9 Å². The summed E-state index contributed by atoms with van der Waals surface area (Å²) in [5, 5.41) is 3.32. The highest BCUT2D eigenvalue weighted by Gasteiger charge is 2.39. The molecule has 1 aromatic carbocycles. The lowest BCUT2D eigenvalue weighted by Crippen LogP contribution is -2.55. The maximum atomic E-state index is 12.4. The van der Waals surface area contributed by atoms with Crippen molar-refractivity contribution in [3.8, 4) is 0 Å². The molecule has 1 saturated heterocycles. The van der Waals surface area contributed by atoms with Gasteiger partial charge < -0.3 is 9.64 Å². The first-order valence-corrected chi connectivity index (χ1v) is 12.6. The van der Waals surface area contributed by atoms with Gasteiger partial charge in [0.2, 0.25) is 5.91 Å². The highest BCUT2D eigenvalue weighted by molar-refractivity contribution is 7.85. The number of amides is 1. The molecule has 5 nitrogen and oxygen atoms in total. The van der Waals surface area contributed by atoms with Crippen LogP contribution in [0.5, 0.6) is 0 Å². The van der Waals surface area contributed by atoms with E-state index in [4.69, 9.17) is 16.3 Å². The average molecular weight is 455 g/mol. The molecule has 1 aliphatic rings. The highest BCUT2D eigenvalue weighted by Crippen LogP contribution is 2.24. The fourth-order valence-corrected chi connectivity index (χ4v) is 5.77. The summed E-state index contributed by atoms with van der Waals surface area (Å²) in [4.78, 5) is 17.7. The number of unbranched alkanes of at least 4 members (excludes halogenated alkanes) is 3. The Morgan fingerprint density at radius 2 is 1.97 bits per heavy atom. The molecule has 3 rings (SSSR count). The van der Waals surface area contributed by atoms with Gasteiger partial charge in [0.1, 0.15) is 10.4 Å². The minimum atomic E-state index is -1.10. The average Bonchev–Trinajstić information content (AvgIpc) is 3.21. The van der Waals surface area contributed by atoms with Gasteiger partial charge in [-0.1, -0.05) is 36.6 Å². The van der Waals surface area contributed by atoms with Crippen molar-refractivity contribution in [3.05, 3.63) is 51.4 Å². The van der Waals surface area contributed by atoms with Gasteiger partial charge >= 0.3 is 0 Å². The lowest BCUT2D eigenvalue weighted by Gasteiger charge is -2.39. The minimum absolute atomic E-state index is 0.0632. The van der Waals surface area contributed by atoms with E-state index in [9.17, 15) is 9.00 Å². The number of β-lactam (4-membered cyclic amide) rings is 1. The van der Waals surface area contributed by atoms with Gasteiger partial charge in [-0.15, -0.1) is 11.3 Å². The predicted molar refractivity (Wildman–Crippen MR) is 119 cm³/mol. The van der Waals surface area contributed by atoms with Gasteiger partial charge in [-0.25, -0.2) is 4.98 Å². The predicted octanol–water partition coefficient (Wildman–Crippen LogP) is 4.42. The number of rotatable bonds is 13. The van der Waals surface area contributed by atoms with E-state index in [-0.39, 0.29) is 11.3 Å².